The molecule has 0 unspecified atom stereocenters. The van der Waals surface area contributed by atoms with E-state index in [9.17, 15) is 0 Å². The number of nitrogens with zero attached hydrogens (tertiary/aromatic N) is 3. The Hall–Kier alpha value is -5.03. The Balaban J connectivity index is 1.37. The number of aromatic nitrogens is 3. The van der Waals surface area contributed by atoms with Crippen molar-refractivity contribution in [1.29, 1.82) is 0 Å². The fourth-order valence-electron chi connectivity index (χ4n) is 5.06. The first-order valence-corrected chi connectivity index (χ1v) is 12.7. The normalized spacial score (nSPS) is 13.2. The number of furan rings is 1. The number of benzene rings is 4. The number of nitrogens with two attached hydrogens (primary N) is 1. The van der Waals surface area contributed by atoms with Gasteiger partial charge in [0, 0.05) is 21.9 Å². The monoisotopic (exact) mass is 492 g/mol. The van der Waals surface area contributed by atoms with E-state index >= 15 is 0 Å². The largest absolute Gasteiger partial charge is 0.456 e. The van der Waals surface area contributed by atoms with E-state index in [2.05, 4.69) is 76.7 Å². The molecule has 0 aliphatic heterocycles. The van der Waals surface area contributed by atoms with Crippen LogP contribution in [0, 0.1) is 0 Å². The zero-order chi connectivity index (χ0) is 25.5. The van der Waals surface area contributed by atoms with Crippen molar-refractivity contribution in [3.05, 3.63) is 115 Å². The van der Waals surface area contributed by atoms with Crippen LogP contribution in [0.5, 0.6) is 0 Å². The maximum atomic E-state index is 6.23. The molecule has 0 radical (unpaired) electrons. The lowest BCUT2D eigenvalue weighted by Crippen LogP contribution is -2.03. The molecule has 1 aliphatic rings. The Morgan fingerprint density at radius 3 is 2.16 bits per heavy atom. The molecule has 0 bridgehead atoms. The molecule has 1 aliphatic carbocycles. The molecular formula is C33H24N4O. The lowest BCUT2D eigenvalue weighted by atomic mass is 9.93. The fourth-order valence-corrected chi connectivity index (χ4v) is 5.06. The average Bonchev–Trinajstić information content (AvgIpc) is 3.35. The van der Waals surface area contributed by atoms with Gasteiger partial charge in [0.15, 0.2) is 11.6 Å². The van der Waals surface area contributed by atoms with Crippen molar-refractivity contribution in [3.8, 4) is 33.9 Å². The van der Waals surface area contributed by atoms with Crippen LogP contribution >= 0.6 is 0 Å². The molecule has 2 N–H and O–H groups in total. The first-order chi connectivity index (χ1) is 18.7. The zero-order valence-electron chi connectivity index (χ0n) is 20.6. The third-order valence-electron chi connectivity index (χ3n) is 6.92. The quantitative estimate of drug-likeness (QED) is 0.269. The minimum Gasteiger partial charge on any atom is -0.456 e. The highest BCUT2D eigenvalue weighted by molar-refractivity contribution is 6.05. The Morgan fingerprint density at radius 2 is 1.32 bits per heavy atom. The summed E-state index contributed by atoms with van der Waals surface area (Å²) in [6, 6.07) is 30.9. The summed E-state index contributed by atoms with van der Waals surface area (Å²) in [5, 5.41) is 2.14. The van der Waals surface area contributed by atoms with Crippen LogP contribution in [0.4, 0.5) is 5.95 Å². The van der Waals surface area contributed by atoms with E-state index < -0.39 is 0 Å². The number of anilines is 1. The van der Waals surface area contributed by atoms with Crippen molar-refractivity contribution in [3.63, 3.8) is 0 Å². The van der Waals surface area contributed by atoms with Crippen molar-refractivity contribution in [2.75, 3.05) is 5.73 Å². The number of hydrogen-bond acceptors (Lipinski definition) is 5. The minimum atomic E-state index is 0.179. The summed E-state index contributed by atoms with van der Waals surface area (Å²) in [6.07, 6.45) is 8.79. The molecule has 0 amide bonds. The van der Waals surface area contributed by atoms with Gasteiger partial charge in [-0.3, -0.25) is 0 Å². The van der Waals surface area contributed by atoms with Gasteiger partial charge in [-0.1, -0.05) is 72.8 Å². The van der Waals surface area contributed by atoms with Crippen LogP contribution < -0.4 is 5.73 Å². The van der Waals surface area contributed by atoms with Gasteiger partial charge >= 0.3 is 0 Å². The van der Waals surface area contributed by atoms with Crippen LogP contribution in [0.2, 0.25) is 0 Å². The first-order valence-electron chi connectivity index (χ1n) is 12.7. The minimum absolute atomic E-state index is 0.179. The number of para-hydroxylation sites is 1. The molecule has 182 valence electrons. The number of hydrogen-bond donors (Lipinski definition) is 1. The Morgan fingerprint density at radius 1 is 0.579 bits per heavy atom. The molecule has 2 heterocycles. The number of fused-ring (bicyclic) bond motifs is 3. The van der Waals surface area contributed by atoms with Crippen LogP contribution in [0.1, 0.15) is 18.4 Å². The summed E-state index contributed by atoms with van der Waals surface area (Å²) in [4.78, 5) is 13.9. The maximum Gasteiger partial charge on any atom is 0.224 e. The topological polar surface area (TPSA) is 77.8 Å². The van der Waals surface area contributed by atoms with E-state index in [1.54, 1.807) is 0 Å². The molecule has 0 fully saturated rings. The average molecular weight is 493 g/mol. The van der Waals surface area contributed by atoms with Gasteiger partial charge in [-0.05, 0) is 71.5 Å². The highest BCUT2D eigenvalue weighted by Gasteiger charge is 2.15. The Bertz CT molecular complexity index is 1880. The summed E-state index contributed by atoms with van der Waals surface area (Å²) in [7, 11) is 0. The van der Waals surface area contributed by atoms with Crippen LogP contribution in [0.3, 0.4) is 0 Å². The molecule has 38 heavy (non-hydrogen) atoms. The van der Waals surface area contributed by atoms with Crippen LogP contribution in [0.15, 0.2) is 114 Å². The Labute approximate surface area is 220 Å². The van der Waals surface area contributed by atoms with Gasteiger partial charge in [-0.25, -0.2) is 4.98 Å². The molecule has 2 aromatic heterocycles. The van der Waals surface area contributed by atoms with Gasteiger partial charge in [0.05, 0.1) is 0 Å². The van der Waals surface area contributed by atoms with Gasteiger partial charge < -0.3 is 10.2 Å². The molecule has 4 aromatic carbocycles. The van der Waals surface area contributed by atoms with Crippen LogP contribution in [0.25, 0.3) is 61.4 Å². The fraction of sp³-hybridized carbons (Fsp3) is 0.0606. The third-order valence-corrected chi connectivity index (χ3v) is 6.92. The van der Waals surface area contributed by atoms with E-state index in [4.69, 9.17) is 15.1 Å². The van der Waals surface area contributed by atoms with Crippen molar-refractivity contribution < 1.29 is 4.42 Å². The van der Waals surface area contributed by atoms with Crippen molar-refractivity contribution in [2.24, 2.45) is 0 Å². The molecule has 6 aromatic rings. The highest BCUT2D eigenvalue weighted by atomic mass is 16.3. The molecule has 0 spiro atoms. The molecule has 7 rings (SSSR count). The van der Waals surface area contributed by atoms with E-state index in [0.717, 1.165) is 62.6 Å². The number of nitrogen functional groups attached to an aromatic ring is 1. The zero-order valence-corrected chi connectivity index (χ0v) is 20.6. The van der Waals surface area contributed by atoms with Gasteiger partial charge in [-0.15, -0.1) is 0 Å². The second kappa shape index (κ2) is 9.12. The summed E-state index contributed by atoms with van der Waals surface area (Å²) in [5.41, 5.74) is 14.1. The second-order valence-electron chi connectivity index (χ2n) is 9.45. The van der Waals surface area contributed by atoms with Crippen molar-refractivity contribution >= 4 is 33.5 Å². The highest BCUT2D eigenvalue weighted by Crippen LogP contribution is 2.34. The second-order valence-corrected chi connectivity index (χ2v) is 9.45. The molecule has 5 heteroatoms. The van der Waals surface area contributed by atoms with Gasteiger partial charge in [0.2, 0.25) is 5.95 Å². The van der Waals surface area contributed by atoms with E-state index in [1.807, 2.05) is 42.5 Å². The van der Waals surface area contributed by atoms with E-state index in [0.29, 0.717) is 11.6 Å². The molecular weight excluding hydrogens is 468 g/mol. The predicted molar refractivity (Wildman–Crippen MR) is 154 cm³/mol. The lowest BCUT2D eigenvalue weighted by Gasteiger charge is -2.13. The van der Waals surface area contributed by atoms with Crippen molar-refractivity contribution in [2.45, 2.75) is 12.8 Å². The molecule has 0 saturated heterocycles. The predicted octanol–water partition coefficient (Wildman–Crippen LogP) is 8.09. The van der Waals surface area contributed by atoms with E-state index in [-0.39, 0.29) is 5.95 Å². The molecule has 0 saturated carbocycles. The standard InChI is InChI=1S/C33H24N4O/c34-33-36-31(23-15-16-28-27-13-7-8-14-29(27)38-30(28)20-23)35-32(37-33)26-18-24(21-9-3-1-4-10-21)17-25(19-26)22-11-5-2-6-12-22/h1,3-5,7-20H,2,6H2,(H2,34,35,36,37). The first kappa shape index (κ1) is 22.2. The number of rotatable bonds is 4. The van der Waals surface area contributed by atoms with Gasteiger partial charge in [-0.2, -0.15) is 9.97 Å². The Kier molecular flexibility index (Phi) is 5.33. The van der Waals surface area contributed by atoms with E-state index in [1.165, 1.54) is 5.57 Å². The smallest absolute Gasteiger partial charge is 0.224 e. The third kappa shape index (κ3) is 4.04. The lowest BCUT2D eigenvalue weighted by molar-refractivity contribution is 0.669. The maximum absolute atomic E-state index is 6.23. The summed E-state index contributed by atoms with van der Waals surface area (Å²) in [6.45, 7) is 0. The van der Waals surface area contributed by atoms with Crippen LogP contribution in [-0.2, 0) is 0 Å². The van der Waals surface area contributed by atoms with Gasteiger partial charge in [0.25, 0.3) is 0 Å². The summed E-state index contributed by atoms with van der Waals surface area (Å²) < 4.78 is 6.09. The number of allylic oxidation sites excluding steroid dienone is 4. The van der Waals surface area contributed by atoms with Crippen LogP contribution in [-0.4, -0.2) is 15.0 Å². The SMILES string of the molecule is Nc1nc(-c2cc(C3=CCCC=C3)cc(-c3ccccc3)c2)nc(-c2ccc3c(c2)oc2ccccc23)n1. The summed E-state index contributed by atoms with van der Waals surface area (Å²) in [5.74, 6) is 1.23. The van der Waals surface area contributed by atoms with Crippen molar-refractivity contribution in [1.82, 2.24) is 15.0 Å². The molecule has 5 nitrogen and oxygen atoms in total. The molecule has 0 atom stereocenters. The summed E-state index contributed by atoms with van der Waals surface area (Å²) >= 11 is 0. The van der Waals surface area contributed by atoms with Gasteiger partial charge in [0.1, 0.15) is 11.2 Å².